The predicted molar refractivity (Wildman–Crippen MR) is 80.7 cm³/mol. The highest BCUT2D eigenvalue weighted by atomic mass is 32.2. The first-order valence-corrected chi connectivity index (χ1v) is 7.54. The third-order valence-corrected chi connectivity index (χ3v) is 4.41. The van der Waals surface area contributed by atoms with Crippen molar-refractivity contribution < 1.29 is 9.90 Å². The molecule has 0 radical (unpaired) electrons. The Kier molecular flexibility index (Phi) is 5.88. The molecule has 106 valence electrons. The molecule has 0 amide bonds. The molecule has 0 aliphatic carbocycles. The Labute approximate surface area is 119 Å². The van der Waals surface area contributed by atoms with E-state index in [0.29, 0.717) is 6.42 Å². The minimum absolute atomic E-state index is 0.524. The molecule has 0 fully saturated rings. The second-order valence-corrected chi connectivity index (χ2v) is 6.44. The van der Waals surface area contributed by atoms with E-state index in [0.717, 1.165) is 18.6 Å². The Morgan fingerprint density at radius 1 is 1.32 bits per heavy atom. The molecule has 0 aromatic heterocycles. The first-order chi connectivity index (χ1) is 8.83. The van der Waals surface area contributed by atoms with E-state index in [2.05, 4.69) is 32.0 Å². The SMILES string of the molecule is Cc1ccc(SCCCCC(C)(N)C(=O)O)cc1C. The van der Waals surface area contributed by atoms with Gasteiger partial charge in [0, 0.05) is 4.90 Å². The lowest BCUT2D eigenvalue weighted by atomic mass is 9.97. The molecule has 3 nitrogen and oxygen atoms in total. The minimum Gasteiger partial charge on any atom is -0.480 e. The van der Waals surface area contributed by atoms with Crippen LogP contribution in [0.2, 0.25) is 0 Å². The van der Waals surface area contributed by atoms with Gasteiger partial charge in [0.15, 0.2) is 0 Å². The van der Waals surface area contributed by atoms with Crippen molar-refractivity contribution in [3.63, 3.8) is 0 Å². The molecule has 0 heterocycles. The van der Waals surface area contributed by atoms with E-state index in [4.69, 9.17) is 10.8 Å². The summed E-state index contributed by atoms with van der Waals surface area (Å²) in [6.45, 7) is 5.80. The van der Waals surface area contributed by atoms with Crippen LogP contribution in [0, 0.1) is 13.8 Å². The van der Waals surface area contributed by atoms with E-state index in [1.54, 1.807) is 6.92 Å². The summed E-state index contributed by atoms with van der Waals surface area (Å²) in [7, 11) is 0. The van der Waals surface area contributed by atoms with Crippen LogP contribution in [0.3, 0.4) is 0 Å². The third kappa shape index (κ3) is 5.25. The van der Waals surface area contributed by atoms with Gasteiger partial charge in [-0.2, -0.15) is 0 Å². The first kappa shape index (κ1) is 16.1. The van der Waals surface area contributed by atoms with Crippen molar-refractivity contribution in [2.75, 3.05) is 5.75 Å². The van der Waals surface area contributed by atoms with Gasteiger partial charge in [0.25, 0.3) is 0 Å². The summed E-state index contributed by atoms with van der Waals surface area (Å²) in [5.41, 5.74) is 7.21. The fraction of sp³-hybridized carbons (Fsp3) is 0.533. The van der Waals surface area contributed by atoms with Crippen LogP contribution in [0.4, 0.5) is 0 Å². The maximum Gasteiger partial charge on any atom is 0.323 e. The monoisotopic (exact) mass is 281 g/mol. The zero-order valence-corrected chi connectivity index (χ0v) is 12.7. The number of aliphatic carboxylic acids is 1. The van der Waals surface area contributed by atoms with E-state index in [1.807, 2.05) is 11.8 Å². The van der Waals surface area contributed by atoms with Gasteiger partial charge in [-0.05, 0) is 62.6 Å². The zero-order chi connectivity index (χ0) is 14.5. The Balaban J connectivity index is 2.28. The molecular weight excluding hydrogens is 258 g/mol. The molecule has 4 heteroatoms. The van der Waals surface area contributed by atoms with Gasteiger partial charge in [-0.1, -0.05) is 12.5 Å². The van der Waals surface area contributed by atoms with Crippen LogP contribution in [-0.2, 0) is 4.79 Å². The van der Waals surface area contributed by atoms with Crippen molar-refractivity contribution >= 4 is 17.7 Å². The van der Waals surface area contributed by atoms with Crippen LogP contribution >= 0.6 is 11.8 Å². The summed E-state index contributed by atoms with van der Waals surface area (Å²) in [4.78, 5) is 12.1. The van der Waals surface area contributed by atoms with Crippen molar-refractivity contribution in [1.29, 1.82) is 0 Å². The number of hydrogen-bond donors (Lipinski definition) is 2. The van der Waals surface area contributed by atoms with Gasteiger partial charge >= 0.3 is 5.97 Å². The lowest BCUT2D eigenvalue weighted by Gasteiger charge is -2.18. The van der Waals surface area contributed by atoms with Gasteiger partial charge in [0.05, 0.1) is 0 Å². The van der Waals surface area contributed by atoms with E-state index in [1.165, 1.54) is 16.0 Å². The molecule has 1 aromatic rings. The maximum atomic E-state index is 10.8. The first-order valence-electron chi connectivity index (χ1n) is 6.55. The van der Waals surface area contributed by atoms with Crippen LogP contribution in [0.1, 0.15) is 37.3 Å². The van der Waals surface area contributed by atoms with Crippen LogP contribution < -0.4 is 5.73 Å². The Morgan fingerprint density at radius 3 is 2.58 bits per heavy atom. The fourth-order valence-electron chi connectivity index (χ4n) is 1.69. The summed E-state index contributed by atoms with van der Waals surface area (Å²) < 4.78 is 0. The molecule has 0 spiro atoms. The van der Waals surface area contributed by atoms with Gasteiger partial charge in [-0.15, -0.1) is 11.8 Å². The number of rotatable bonds is 7. The highest BCUT2D eigenvalue weighted by Gasteiger charge is 2.26. The highest BCUT2D eigenvalue weighted by Crippen LogP contribution is 2.23. The smallest absolute Gasteiger partial charge is 0.323 e. The van der Waals surface area contributed by atoms with Gasteiger partial charge in [0.2, 0.25) is 0 Å². The summed E-state index contributed by atoms with van der Waals surface area (Å²) >= 11 is 1.81. The second-order valence-electron chi connectivity index (χ2n) is 5.27. The summed E-state index contributed by atoms with van der Waals surface area (Å²) in [5.74, 6) is 0.0763. The quantitative estimate of drug-likeness (QED) is 0.594. The van der Waals surface area contributed by atoms with E-state index in [-0.39, 0.29) is 0 Å². The van der Waals surface area contributed by atoms with Crippen molar-refractivity contribution in [2.45, 2.75) is 50.5 Å². The molecule has 0 saturated carbocycles. The number of benzene rings is 1. The van der Waals surface area contributed by atoms with E-state index < -0.39 is 11.5 Å². The predicted octanol–water partition coefficient (Wildman–Crippen LogP) is 3.37. The van der Waals surface area contributed by atoms with E-state index >= 15 is 0 Å². The molecular formula is C15H23NO2S. The normalized spacial score (nSPS) is 14.1. The molecule has 1 rings (SSSR count). The fourth-order valence-corrected chi connectivity index (χ4v) is 2.70. The Morgan fingerprint density at radius 2 is 2.00 bits per heavy atom. The lowest BCUT2D eigenvalue weighted by molar-refractivity contribution is -0.142. The minimum atomic E-state index is -1.09. The average Bonchev–Trinajstić information content (AvgIpc) is 2.33. The van der Waals surface area contributed by atoms with Gasteiger partial charge in [0.1, 0.15) is 5.54 Å². The zero-order valence-electron chi connectivity index (χ0n) is 11.9. The Bertz CT molecular complexity index is 444. The van der Waals surface area contributed by atoms with Gasteiger partial charge < -0.3 is 10.8 Å². The molecule has 3 N–H and O–H groups in total. The molecule has 0 saturated heterocycles. The van der Waals surface area contributed by atoms with Crippen LogP contribution in [0.25, 0.3) is 0 Å². The number of hydrogen-bond acceptors (Lipinski definition) is 3. The van der Waals surface area contributed by atoms with E-state index in [9.17, 15) is 4.79 Å². The largest absolute Gasteiger partial charge is 0.480 e. The molecule has 1 unspecified atom stereocenters. The van der Waals surface area contributed by atoms with Crippen LogP contribution in [-0.4, -0.2) is 22.4 Å². The molecule has 0 aliphatic rings. The topological polar surface area (TPSA) is 63.3 Å². The number of carbonyl (C=O) groups is 1. The molecule has 0 bridgehead atoms. The van der Waals surface area contributed by atoms with Crippen molar-refractivity contribution in [3.05, 3.63) is 29.3 Å². The second kappa shape index (κ2) is 6.96. The van der Waals surface area contributed by atoms with Gasteiger partial charge in [-0.25, -0.2) is 0 Å². The highest BCUT2D eigenvalue weighted by molar-refractivity contribution is 7.99. The number of unbranched alkanes of at least 4 members (excludes halogenated alkanes) is 1. The number of aryl methyl sites for hydroxylation is 2. The molecule has 19 heavy (non-hydrogen) atoms. The van der Waals surface area contributed by atoms with Crippen LogP contribution in [0.5, 0.6) is 0 Å². The van der Waals surface area contributed by atoms with Crippen LogP contribution in [0.15, 0.2) is 23.1 Å². The Hall–Kier alpha value is -1.00. The summed E-state index contributed by atoms with van der Waals surface area (Å²) in [5, 5.41) is 8.90. The number of carboxylic acids is 1. The third-order valence-electron chi connectivity index (χ3n) is 3.33. The maximum absolute atomic E-state index is 10.8. The standard InChI is InChI=1S/C15H23NO2S/c1-11-6-7-13(10-12(11)2)19-9-5-4-8-15(3,16)14(17)18/h6-7,10H,4-5,8-9,16H2,1-3H3,(H,17,18). The molecule has 1 atom stereocenters. The number of thioether (sulfide) groups is 1. The molecule has 1 aromatic carbocycles. The lowest BCUT2D eigenvalue weighted by Crippen LogP contribution is -2.44. The summed E-state index contributed by atoms with van der Waals surface area (Å²) in [6.07, 6.45) is 2.35. The number of carboxylic acid groups (broad SMARTS) is 1. The average molecular weight is 281 g/mol. The van der Waals surface area contributed by atoms with Crippen molar-refractivity contribution in [1.82, 2.24) is 0 Å². The van der Waals surface area contributed by atoms with Crippen molar-refractivity contribution in [3.8, 4) is 0 Å². The van der Waals surface area contributed by atoms with Gasteiger partial charge in [-0.3, -0.25) is 4.79 Å². The summed E-state index contributed by atoms with van der Waals surface area (Å²) in [6, 6.07) is 6.47. The van der Waals surface area contributed by atoms with Crippen molar-refractivity contribution in [2.24, 2.45) is 5.73 Å². The number of nitrogens with two attached hydrogens (primary N) is 1. The molecule has 0 aliphatic heterocycles.